The Balaban J connectivity index is 1.30. The van der Waals surface area contributed by atoms with Gasteiger partial charge in [-0.2, -0.15) is 5.10 Å². The molecule has 2 atom stereocenters. The highest BCUT2D eigenvalue weighted by Crippen LogP contribution is 2.30. The molecule has 0 aliphatic carbocycles. The molecule has 4 heterocycles. The van der Waals surface area contributed by atoms with E-state index in [0.717, 1.165) is 25.1 Å². The van der Waals surface area contributed by atoms with Gasteiger partial charge in [-0.15, -0.1) is 0 Å². The largest absolute Gasteiger partial charge is 0.507 e. The van der Waals surface area contributed by atoms with E-state index in [-0.39, 0.29) is 43.2 Å². The summed E-state index contributed by atoms with van der Waals surface area (Å²) < 4.78 is 13.0. The van der Waals surface area contributed by atoms with Crippen LogP contribution in [0.5, 0.6) is 5.75 Å². The number of amides is 2. The van der Waals surface area contributed by atoms with Crippen LogP contribution in [0.25, 0.3) is 11.0 Å². The first-order chi connectivity index (χ1) is 18.8. The fraction of sp³-hybridized carbons (Fsp3) is 0.333. The maximum atomic E-state index is 13.8. The third-order valence-electron chi connectivity index (χ3n) is 7.29. The van der Waals surface area contributed by atoms with Gasteiger partial charge >= 0.3 is 0 Å². The molecular formula is C27H28N6O6. The van der Waals surface area contributed by atoms with Crippen molar-refractivity contribution in [3.05, 3.63) is 65.4 Å². The summed E-state index contributed by atoms with van der Waals surface area (Å²) in [5.74, 6) is -0.494. The number of nitrogens with one attached hydrogen (secondary N) is 1. The maximum absolute atomic E-state index is 13.8. The minimum absolute atomic E-state index is 0.0449. The van der Waals surface area contributed by atoms with E-state index < -0.39 is 23.5 Å². The number of hydrogen-bond acceptors (Lipinski definition) is 9. The lowest BCUT2D eigenvalue weighted by Crippen LogP contribution is -2.63. The lowest BCUT2D eigenvalue weighted by atomic mass is 9.86. The molecule has 2 amide bonds. The standard InChI is InChI=1S/C27H28N6O6/c28-24-19-8-7-16(12-21(19)39-31-24)14-27(37,15-29-25(35)18-5-1-2-6-20(18)34)23-26(36)32(10-11-38-23)22-13-17-4-3-9-33(17)30-22/h1-2,5-8,12-13,23,34,37H,3-4,9-11,14-15H2,(H2,28,31)(H,29,35)/t23-,27?/m0/s1. The van der Waals surface area contributed by atoms with Gasteiger partial charge in [0.05, 0.1) is 30.6 Å². The normalized spacial score (nSPS) is 18.7. The molecule has 6 rings (SSSR count). The summed E-state index contributed by atoms with van der Waals surface area (Å²) in [5.41, 5.74) is 6.12. The van der Waals surface area contributed by atoms with Crippen molar-refractivity contribution in [3.8, 4) is 5.75 Å². The van der Waals surface area contributed by atoms with Gasteiger partial charge in [-0.25, -0.2) is 0 Å². The number of fused-ring (bicyclic) bond motifs is 2. The number of nitrogens with zero attached hydrogens (tertiary/aromatic N) is 4. The van der Waals surface area contributed by atoms with E-state index in [2.05, 4.69) is 15.6 Å². The summed E-state index contributed by atoms with van der Waals surface area (Å²) in [6.07, 6.45) is 0.545. The number of aryl methyl sites for hydroxylation is 2. The lowest BCUT2D eigenvalue weighted by Gasteiger charge is -2.40. The van der Waals surface area contributed by atoms with Crippen molar-refractivity contribution in [3.63, 3.8) is 0 Å². The number of rotatable bonds is 7. The van der Waals surface area contributed by atoms with E-state index in [4.69, 9.17) is 15.0 Å². The van der Waals surface area contributed by atoms with Gasteiger partial charge in [-0.1, -0.05) is 23.4 Å². The van der Waals surface area contributed by atoms with Crippen LogP contribution in [0, 0.1) is 0 Å². The molecule has 39 heavy (non-hydrogen) atoms. The zero-order valence-electron chi connectivity index (χ0n) is 21.0. The van der Waals surface area contributed by atoms with E-state index in [1.165, 1.54) is 17.0 Å². The second kappa shape index (κ2) is 9.71. The van der Waals surface area contributed by atoms with Gasteiger partial charge in [0, 0.05) is 24.7 Å². The molecule has 2 aromatic carbocycles. The summed E-state index contributed by atoms with van der Waals surface area (Å²) in [5, 5.41) is 33.8. The molecule has 0 bridgehead atoms. The van der Waals surface area contributed by atoms with Crippen LogP contribution in [0.3, 0.4) is 0 Å². The number of aromatic nitrogens is 3. The second-order valence-corrected chi connectivity index (χ2v) is 9.94. The van der Waals surface area contributed by atoms with Crippen LogP contribution in [0.1, 0.15) is 28.0 Å². The molecule has 0 spiro atoms. The molecule has 12 nitrogen and oxygen atoms in total. The number of aromatic hydroxyl groups is 1. The molecule has 2 aliphatic rings. The average molecular weight is 533 g/mol. The molecule has 2 aromatic heterocycles. The van der Waals surface area contributed by atoms with Crippen molar-refractivity contribution < 1.29 is 29.1 Å². The number of carbonyl (C=O) groups excluding carboxylic acids is 2. The third-order valence-corrected chi connectivity index (χ3v) is 7.29. The topological polar surface area (TPSA) is 169 Å². The van der Waals surface area contributed by atoms with Gasteiger partial charge in [-0.3, -0.25) is 19.2 Å². The number of phenols is 1. The first-order valence-corrected chi connectivity index (χ1v) is 12.7. The van der Waals surface area contributed by atoms with Crippen LogP contribution in [0.4, 0.5) is 11.6 Å². The van der Waals surface area contributed by atoms with Gasteiger partial charge in [0.15, 0.2) is 23.3 Å². The molecule has 1 saturated heterocycles. The molecular weight excluding hydrogens is 504 g/mol. The fourth-order valence-corrected chi connectivity index (χ4v) is 5.28. The maximum Gasteiger partial charge on any atom is 0.260 e. The van der Waals surface area contributed by atoms with Crippen molar-refractivity contribution in [1.82, 2.24) is 20.3 Å². The van der Waals surface area contributed by atoms with E-state index in [1.807, 2.05) is 10.7 Å². The van der Waals surface area contributed by atoms with Crippen molar-refractivity contribution in [2.75, 3.05) is 30.3 Å². The Bertz CT molecular complexity index is 1540. The Hall–Kier alpha value is -4.42. The zero-order valence-corrected chi connectivity index (χ0v) is 21.0. The molecule has 5 N–H and O–H groups in total. The highest BCUT2D eigenvalue weighted by molar-refractivity contribution is 5.98. The Morgan fingerprint density at radius 3 is 2.87 bits per heavy atom. The number of aliphatic hydroxyl groups is 1. The fourth-order valence-electron chi connectivity index (χ4n) is 5.28. The minimum atomic E-state index is -1.86. The predicted molar refractivity (Wildman–Crippen MR) is 140 cm³/mol. The highest BCUT2D eigenvalue weighted by Gasteiger charge is 2.47. The van der Waals surface area contributed by atoms with Crippen LogP contribution in [-0.2, 0) is 28.9 Å². The van der Waals surface area contributed by atoms with Crippen LogP contribution in [-0.4, -0.2) is 68.4 Å². The Morgan fingerprint density at radius 1 is 1.21 bits per heavy atom. The van der Waals surface area contributed by atoms with Crippen LogP contribution in [0.2, 0.25) is 0 Å². The molecule has 0 saturated carbocycles. The monoisotopic (exact) mass is 532 g/mol. The quantitative estimate of drug-likeness (QED) is 0.275. The first-order valence-electron chi connectivity index (χ1n) is 12.7. The third kappa shape index (κ3) is 4.57. The van der Waals surface area contributed by atoms with E-state index in [1.54, 1.807) is 30.3 Å². The summed E-state index contributed by atoms with van der Waals surface area (Å²) in [4.78, 5) is 28.2. The number of morpholine rings is 1. The van der Waals surface area contributed by atoms with Crippen molar-refractivity contribution in [2.24, 2.45) is 0 Å². The molecule has 4 aromatic rings. The number of nitrogens with two attached hydrogens (primary N) is 1. The Kier molecular flexibility index (Phi) is 6.20. The van der Waals surface area contributed by atoms with Crippen LogP contribution >= 0.6 is 0 Å². The molecule has 1 fully saturated rings. The SMILES string of the molecule is Nc1noc2cc(CC(O)(CNC(=O)c3ccccc3O)[C@H]3OCCN(c4cc5n(n4)CCC5)C3=O)ccc12. The summed E-state index contributed by atoms with van der Waals surface area (Å²) in [6, 6.07) is 13.1. The molecule has 12 heteroatoms. The van der Waals surface area contributed by atoms with Gasteiger partial charge in [0.2, 0.25) is 0 Å². The van der Waals surface area contributed by atoms with Gasteiger partial charge < -0.3 is 30.5 Å². The molecule has 0 radical (unpaired) electrons. The zero-order chi connectivity index (χ0) is 27.1. The van der Waals surface area contributed by atoms with Crippen molar-refractivity contribution in [1.29, 1.82) is 0 Å². The van der Waals surface area contributed by atoms with E-state index in [0.29, 0.717) is 22.4 Å². The van der Waals surface area contributed by atoms with Crippen LogP contribution in [0.15, 0.2) is 53.1 Å². The predicted octanol–water partition coefficient (Wildman–Crippen LogP) is 1.39. The van der Waals surface area contributed by atoms with Crippen LogP contribution < -0.4 is 16.0 Å². The van der Waals surface area contributed by atoms with Crippen molar-refractivity contribution in [2.45, 2.75) is 37.5 Å². The smallest absolute Gasteiger partial charge is 0.260 e. The number of hydrogen-bond donors (Lipinski definition) is 4. The van der Waals surface area contributed by atoms with E-state index in [9.17, 15) is 19.8 Å². The lowest BCUT2D eigenvalue weighted by molar-refractivity contribution is -0.157. The van der Waals surface area contributed by atoms with Gasteiger partial charge in [0.25, 0.3) is 11.8 Å². The molecule has 2 aliphatic heterocycles. The Morgan fingerprint density at radius 2 is 2.05 bits per heavy atom. The Labute approximate surface area is 222 Å². The minimum Gasteiger partial charge on any atom is -0.507 e. The summed E-state index contributed by atoms with van der Waals surface area (Å²) in [7, 11) is 0. The van der Waals surface area contributed by atoms with E-state index >= 15 is 0 Å². The number of anilines is 2. The number of benzene rings is 2. The highest BCUT2D eigenvalue weighted by atomic mass is 16.5. The number of carbonyl (C=O) groups is 2. The summed E-state index contributed by atoms with van der Waals surface area (Å²) >= 11 is 0. The first kappa shape index (κ1) is 24.9. The summed E-state index contributed by atoms with van der Waals surface area (Å²) in [6.45, 7) is 0.927. The van der Waals surface area contributed by atoms with Crippen molar-refractivity contribution >= 4 is 34.4 Å². The molecule has 1 unspecified atom stereocenters. The molecule has 202 valence electrons. The number of phenolic OH excluding ortho intramolecular Hbond substituents is 1. The van der Waals surface area contributed by atoms with Gasteiger partial charge in [0.1, 0.15) is 11.4 Å². The number of ether oxygens (including phenoxy) is 1. The second-order valence-electron chi connectivity index (χ2n) is 9.94. The number of nitrogen functional groups attached to an aromatic ring is 1. The number of para-hydroxylation sites is 1. The average Bonchev–Trinajstić information content (AvgIpc) is 3.63. The van der Waals surface area contributed by atoms with Gasteiger partial charge in [-0.05, 0) is 42.7 Å².